The van der Waals surface area contributed by atoms with Crippen LogP contribution in [0.25, 0.3) is 11.1 Å². The minimum Gasteiger partial charge on any atom is -0.335 e. The first-order valence-corrected chi connectivity index (χ1v) is 9.07. The Morgan fingerprint density at radius 1 is 1.07 bits per heavy atom. The van der Waals surface area contributed by atoms with Gasteiger partial charge in [-0.25, -0.2) is 14.7 Å². The monoisotopic (exact) mass is 363 g/mol. The van der Waals surface area contributed by atoms with Crippen molar-refractivity contribution in [3.05, 3.63) is 70.9 Å². The SMILES string of the molecule is O=C(Nc1ccccc1-c1ccccc1)NC1CCc2n[nH]c(=O)n2CC1. The number of nitrogens with one attached hydrogen (secondary N) is 3. The zero-order chi connectivity index (χ0) is 18.6. The third-order valence-electron chi connectivity index (χ3n) is 4.85. The van der Waals surface area contributed by atoms with Gasteiger partial charge in [-0.05, 0) is 24.5 Å². The lowest BCUT2D eigenvalue weighted by atomic mass is 10.0. The standard InChI is InChI=1S/C20H21N5O2/c26-19(21-15-10-11-18-23-24-20(27)25(18)13-12-15)22-17-9-5-4-8-16(17)14-6-2-1-3-7-14/h1-9,15H,10-13H2,(H,24,27)(H2,21,22,26). The summed E-state index contributed by atoms with van der Waals surface area (Å²) in [5.41, 5.74) is 2.60. The van der Waals surface area contributed by atoms with Crippen LogP contribution in [0, 0.1) is 0 Å². The molecule has 0 bridgehead atoms. The summed E-state index contributed by atoms with van der Waals surface area (Å²) in [7, 11) is 0. The highest BCUT2D eigenvalue weighted by Gasteiger charge is 2.20. The Kier molecular flexibility index (Phi) is 4.74. The number of urea groups is 1. The first kappa shape index (κ1) is 17.1. The highest BCUT2D eigenvalue weighted by atomic mass is 16.2. The number of aromatic nitrogens is 3. The Bertz CT molecular complexity index is 993. The number of H-pyrrole nitrogens is 1. The molecular formula is C20H21N5O2. The van der Waals surface area contributed by atoms with E-state index in [4.69, 9.17) is 0 Å². The van der Waals surface area contributed by atoms with Gasteiger partial charge < -0.3 is 10.6 Å². The number of nitrogens with zero attached hydrogens (tertiary/aromatic N) is 2. The molecule has 0 radical (unpaired) electrons. The number of carbonyl (C=O) groups is 1. The zero-order valence-corrected chi connectivity index (χ0v) is 14.8. The molecule has 27 heavy (non-hydrogen) atoms. The molecule has 1 unspecified atom stereocenters. The van der Waals surface area contributed by atoms with E-state index in [2.05, 4.69) is 20.8 Å². The predicted octanol–water partition coefficient (Wildman–Crippen LogP) is 2.77. The summed E-state index contributed by atoms with van der Waals surface area (Å²) in [4.78, 5) is 24.2. The van der Waals surface area contributed by atoms with E-state index in [9.17, 15) is 9.59 Å². The van der Waals surface area contributed by atoms with Gasteiger partial charge in [0.15, 0.2) is 0 Å². The number of aromatic amines is 1. The topological polar surface area (TPSA) is 91.8 Å². The summed E-state index contributed by atoms with van der Waals surface area (Å²) in [5.74, 6) is 0.749. The third kappa shape index (κ3) is 3.76. The molecule has 3 N–H and O–H groups in total. The first-order valence-electron chi connectivity index (χ1n) is 9.07. The fourth-order valence-electron chi connectivity index (χ4n) is 3.45. The summed E-state index contributed by atoms with van der Waals surface area (Å²) < 4.78 is 1.64. The van der Waals surface area contributed by atoms with Crippen LogP contribution in [0.2, 0.25) is 0 Å². The van der Waals surface area contributed by atoms with Crippen LogP contribution in [0.3, 0.4) is 0 Å². The summed E-state index contributed by atoms with van der Waals surface area (Å²) in [6.45, 7) is 0.552. The van der Waals surface area contributed by atoms with Gasteiger partial charge in [-0.15, -0.1) is 0 Å². The van der Waals surface area contributed by atoms with Crippen molar-refractivity contribution in [2.45, 2.75) is 31.8 Å². The summed E-state index contributed by atoms with van der Waals surface area (Å²) >= 11 is 0. The van der Waals surface area contributed by atoms with Gasteiger partial charge in [0.1, 0.15) is 5.82 Å². The Balaban J connectivity index is 1.43. The molecule has 3 aromatic rings. The largest absolute Gasteiger partial charge is 0.343 e. The molecule has 0 aliphatic carbocycles. The molecule has 138 valence electrons. The second-order valence-corrected chi connectivity index (χ2v) is 6.63. The Morgan fingerprint density at radius 2 is 1.85 bits per heavy atom. The summed E-state index contributed by atoms with van der Waals surface area (Å²) in [6, 6.07) is 17.4. The number of anilines is 1. The quantitative estimate of drug-likeness (QED) is 0.668. The second-order valence-electron chi connectivity index (χ2n) is 6.63. The van der Waals surface area contributed by atoms with Crippen LogP contribution in [0.1, 0.15) is 18.7 Å². The van der Waals surface area contributed by atoms with E-state index in [1.165, 1.54) is 0 Å². The number of hydrogen-bond acceptors (Lipinski definition) is 3. The van der Waals surface area contributed by atoms with Crippen LogP contribution in [0.4, 0.5) is 10.5 Å². The van der Waals surface area contributed by atoms with Crippen LogP contribution >= 0.6 is 0 Å². The van der Waals surface area contributed by atoms with Crippen LogP contribution in [-0.4, -0.2) is 26.8 Å². The van der Waals surface area contributed by atoms with Gasteiger partial charge in [0.25, 0.3) is 0 Å². The lowest BCUT2D eigenvalue weighted by Gasteiger charge is -2.18. The molecule has 1 atom stereocenters. The van der Waals surface area contributed by atoms with Crippen LogP contribution in [0.5, 0.6) is 0 Å². The lowest BCUT2D eigenvalue weighted by molar-refractivity contribution is 0.247. The van der Waals surface area contributed by atoms with Crippen molar-refractivity contribution in [1.82, 2.24) is 20.1 Å². The van der Waals surface area contributed by atoms with Crippen molar-refractivity contribution in [1.29, 1.82) is 0 Å². The number of benzene rings is 2. The summed E-state index contributed by atoms with van der Waals surface area (Å²) in [5, 5.41) is 12.5. The second kappa shape index (κ2) is 7.49. The Labute approximate surface area is 156 Å². The maximum absolute atomic E-state index is 12.5. The van der Waals surface area contributed by atoms with E-state index in [0.29, 0.717) is 19.4 Å². The number of rotatable bonds is 3. The molecule has 1 aliphatic heterocycles. The van der Waals surface area contributed by atoms with Gasteiger partial charge in [-0.2, -0.15) is 5.10 Å². The molecule has 0 saturated heterocycles. The average Bonchev–Trinajstić information content (AvgIpc) is 2.92. The molecule has 0 fully saturated rings. The lowest BCUT2D eigenvalue weighted by Crippen LogP contribution is -2.38. The molecule has 7 nitrogen and oxygen atoms in total. The third-order valence-corrected chi connectivity index (χ3v) is 4.85. The summed E-state index contributed by atoms with van der Waals surface area (Å²) in [6.07, 6.45) is 2.10. The number of fused-ring (bicyclic) bond motifs is 1. The van der Waals surface area contributed by atoms with Crippen LogP contribution in [0.15, 0.2) is 59.4 Å². The number of hydrogen-bond donors (Lipinski definition) is 3. The van der Waals surface area contributed by atoms with Crippen molar-refractivity contribution in [3.8, 4) is 11.1 Å². The number of aryl methyl sites for hydroxylation is 1. The Hall–Kier alpha value is -3.35. The van der Waals surface area contributed by atoms with E-state index in [1.54, 1.807) is 4.57 Å². The fraction of sp³-hybridized carbons (Fsp3) is 0.250. The average molecular weight is 363 g/mol. The molecule has 1 aromatic heterocycles. The molecule has 4 rings (SSSR count). The van der Waals surface area contributed by atoms with Crippen molar-refractivity contribution in [2.75, 3.05) is 5.32 Å². The van der Waals surface area contributed by atoms with E-state index in [0.717, 1.165) is 29.1 Å². The minimum atomic E-state index is -0.239. The maximum atomic E-state index is 12.5. The number of carbonyl (C=O) groups excluding carboxylic acids is 1. The van der Waals surface area contributed by atoms with Crippen molar-refractivity contribution < 1.29 is 4.79 Å². The normalized spacial score (nSPS) is 16.2. The van der Waals surface area contributed by atoms with E-state index in [1.807, 2.05) is 54.6 Å². The zero-order valence-electron chi connectivity index (χ0n) is 14.8. The smallest absolute Gasteiger partial charge is 0.335 e. The highest BCUT2D eigenvalue weighted by Crippen LogP contribution is 2.27. The first-order chi connectivity index (χ1) is 13.2. The van der Waals surface area contributed by atoms with E-state index >= 15 is 0 Å². The molecule has 2 heterocycles. The van der Waals surface area contributed by atoms with Gasteiger partial charge >= 0.3 is 11.7 Å². The number of amides is 2. The van der Waals surface area contributed by atoms with Gasteiger partial charge in [0, 0.05) is 24.6 Å². The maximum Gasteiger partial charge on any atom is 0.343 e. The molecule has 2 amide bonds. The molecule has 0 saturated carbocycles. The van der Waals surface area contributed by atoms with E-state index in [-0.39, 0.29) is 17.8 Å². The van der Waals surface area contributed by atoms with Crippen molar-refractivity contribution in [3.63, 3.8) is 0 Å². The molecule has 1 aliphatic rings. The minimum absolute atomic E-state index is 0.00464. The van der Waals surface area contributed by atoms with Crippen molar-refractivity contribution >= 4 is 11.7 Å². The van der Waals surface area contributed by atoms with Gasteiger partial charge in [0.05, 0.1) is 5.69 Å². The highest BCUT2D eigenvalue weighted by molar-refractivity contribution is 5.94. The molecule has 0 spiro atoms. The van der Waals surface area contributed by atoms with E-state index < -0.39 is 0 Å². The van der Waals surface area contributed by atoms with Gasteiger partial charge in [-0.1, -0.05) is 48.5 Å². The van der Waals surface area contributed by atoms with Crippen LogP contribution in [-0.2, 0) is 13.0 Å². The Morgan fingerprint density at radius 3 is 2.70 bits per heavy atom. The van der Waals surface area contributed by atoms with Crippen LogP contribution < -0.4 is 16.3 Å². The molecular weight excluding hydrogens is 342 g/mol. The molecule has 7 heteroatoms. The van der Waals surface area contributed by atoms with Gasteiger partial charge in [-0.3, -0.25) is 4.57 Å². The fourth-order valence-corrected chi connectivity index (χ4v) is 3.45. The molecule has 2 aromatic carbocycles. The van der Waals surface area contributed by atoms with Gasteiger partial charge in [0.2, 0.25) is 0 Å². The number of para-hydroxylation sites is 1. The van der Waals surface area contributed by atoms with Crippen molar-refractivity contribution in [2.24, 2.45) is 0 Å². The predicted molar refractivity (Wildman–Crippen MR) is 104 cm³/mol.